The molecule has 4 aliphatic carbocycles. The summed E-state index contributed by atoms with van der Waals surface area (Å²) in [4.78, 5) is 102. The first-order valence-electron chi connectivity index (χ1n) is 28.7. The fourth-order valence-corrected chi connectivity index (χ4v) is 13.5. The number of ether oxygens (including phenoxy) is 4. The van der Waals surface area contributed by atoms with Gasteiger partial charge in [-0.25, -0.2) is 9.59 Å². The van der Waals surface area contributed by atoms with E-state index in [1.165, 1.54) is 21.6 Å². The molecule has 0 saturated heterocycles. The number of amides is 3. The van der Waals surface area contributed by atoms with Gasteiger partial charge in [0.15, 0.2) is 17.7 Å². The predicted molar refractivity (Wildman–Crippen MR) is 320 cm³/mol. The van der Waals surface area contributed by atoms with Crippen LogP contribution in [0.5, 0.6) is 0 Å². The van der Waals surface area contributed by atoms with E-state index in [0.29, 0.717) is 37.4 Å². The number of esters is 3. The number of carbonyl (C=O) groups is 8. The first-order valence-corrected chi connectivity index (χ1v) is 31.2. The molecule has 4 rings (SSSR count). The van der Waals surface area contributed by atoms with Crippen molar-refractivity contribution in [2.24, 2.45) is 39.9 Å². The highest BCUT2D eigenvalue weighted by Crippen LogP contribution is 2.67. The summed E-state index contributed by atoms with van der Waals surface area (Å²) in [6.45, 7) is 10.8. The number of fused-ring (bicyclic) bond motifs is 5. The van der Waals surface area contributed by atoms with Crippen LogP contribution >= 0.6 is 21.6 Å². The molecule has 0 radical (unpaired) electrons. The standard InChI is InChI=1S/C63H89N3O14S2/c1-8-9-10-11-12-13-14-15-16-17-18-19-20-21-22-23-24-25-26-55(73)79-44-60(3,4)58(80-56(74)28-27-54(72)77-7)59(75)66-34-31-52(70)64-35-37-81-82-38-36-65-53(71)43-78-42-51(69)63(76)33-30-48-47-39-45(2)49-40-46(67)29-32-61(49,5)57(47)50(68)41-62(48,63)6/h9-10,12-13,15-16,18-19,21-22,24-25,27-29,32,40,45,47-48,50,57-58,68,76H,8,11,14,17,20,23,26,30-31,33-39,41-44H2,1-7H3,(H,64,70)(H,65,71)(H,66,75)/b10-9-,13-12-,16-15-,19-18-,22-21-,25-24-,28-27+/t45-,47-,48-,50-,57+,58-,61-,62-,63-/m0/s1. The van der Waals surface area contributed by atoms with Crippen LogP contribution in [0.15, 0.2) is 109 Å². The average Bonchev–Trinajstić information content (AvgIpc) is 1.44. The Hall–Kier alpha value is -5.60. The molecule has 9 atom stereocenters. The molecule has 17 nitrogen and oxygen atoms in total. The van der Waals surface area contributed by atoms with Gasteiger partial charge in [0.25, 0.3) is 5.91 Å². The van der Waals surface area contributed by atoms with Gasteiger partial charge in [0.1, 0.15) is 25.4 Å². The Kier molecular flexibility index (Phi) is 29.3. The molecule has 0 bridgehead atoms. The smallest absolute Gasteiger partial charge is 0.331 e. The zero-order valence-electron chi connectivity index (χ0n) is 49.0. The van der Waals surface area contributed by atoms with E-state index >= 15 is 0 Å². The summed E-state index contributed by atoms with van der Waals surface area (Å²) < 4.78 is 21.0. The lowest BCUT2D eigenvalue weighted by Crippen LogP contribution is -2.62. The number of methoxy groups -OCH3 is 1. The largest absolute Gasteiger partial charge is 0.466 e. The molecule has 0 aromatic rings. The fourth-order valence-electron chi connectivity index (χ4n) is 11.7. The van der Waals surface area contributed by atoms with Gasteiger partial charge >= 0.3 is 17.9 Å². The SMILES string of the molecule is CC/C=C\C/C=C\C/C=C\C/C=C\C/C=C\C/C=C\CC(=O)OCC(C)(C)[C@@H](OC(=O)/C=C/C(=O)OC)C(=O)NCCC(=O)NCCSSCCNC(=O)COCC(=O)[C@@]1(O)CC[C@H]2[C@@H]3C[C@H](C)C4=CC(=O)C=C[C@]4(C)[C@H]3[C@@H](O)C[C@@]21C. The summed E-state index contributed by atoms with van der Waals surface area (Å²) in [7, 11) is 4.10. The van der Waals surface area contributed by atoms with Gasteiger partial charge in [-0.2, -0.15) is 0 Å². The van der Waals surface area contributed by atoms with Crippen LogP contribution in [0.2, 0.25) is 0 Å². The van der Waals surface area contributed by atoms with Gasteiger partial charge in [0.05, 0.1) is 19.6 Å². The Morgan fingerprint density at radius 3 is 1.96 bits per heavy atom. The van der Waals surface area contributed by atoms with E-state index in [1.807, 2.05) is 31.2 Å². The number of ketones is 2. The average molecular weight is 1180 g/mol. The Labute approximate surface area is 493 Å². The number of Topliss-reactive ketones (excluding diaryl/α,β-unsaturated/α-hetero) is 1. The van der Waals surface area contributed by atoms with E-state index in [-0.39, 0.29) is 80.8 Å². The highest BCUT2D eigenvalue weighted by Gasteiger charge is 2.68. The van der Waals surface area contributed by atoms with Crippen LogP contribution in [0.25, 0.3) is 0 Å². The van der Waals surface area contributed by atoms with Crippen molar-refractivity contribution in [3.8, 4) is 0 Å². The van der Waals surface area contributed by atoms with Gasteiger partial charge in [0.2, 0.25) is 11.8 Å². The molecule has 0 spiro atoms. The van der Waals surface area contributed by atoms with Crippen LogP contribution in [0.1, 0.15) is 119 Å². The quantitative estimate of drug-likeness (QED) is 0.0100. The number of aliphatic hydroxyl groups is 2. The maximum absolute atomic E-state index is 13.7. The summed E-state index contributed by atoms with van der Waals surface area (Å²) in [6, 6.07) is 0. The lowest BCUT2D eigenvalue weighted by molar-refractivity contribution is -0.181. The van der Waals surface area contributed by atoms with Gasteiger partial charge in [-0.05, 0) is 94.1 Å². The number of allylic oxidation sites excluding steroid dienone is 15. The van der Waals surface area contributed by atoms with Gasteiger partial charge in [0, 0.05) is 71.9 Å². The second-order valence-electron chi connectivity index (χ2n) is 22.4. The van der Waals surface area contributed by atoms with Gasteiger partial charge in [-0.1, -0.05) is 148 Å². The Bertz CT molecular complexity index is 2480. The molecule has 0 aliphatic heterocycles. The highest BCUT2D eigenvalue weighted by atomic mass is 33.1. The normalized spacial score (nSPS) is 25.6. The maximum Gasteiger partial charge on any atom is 0.331 e. The lowest BCUT2D eigenvalue weighted by Gasteiger charge is -2.60. The number of aliphatic hydroxyl groups excluding tert-OH is 1. The van der Waals surface area contributed by atoms with Crippen molar-refractivity contribution in [2.75, 3.05) is 58.1 Å². The van der Waals surface area contributed by atoms with Crippen LogP contribution in [-0.4, -0.2) is 133 Å². The minimum absolute atomic E-state index is 0.0137. The van der Waals surface area contributed by atoms with Crippen molar-refractivity contribution in [2.45, 2.75) is 136 Å². The number of hydrogen-bond acceptors (Lipinski definition) is 16. The molecule has 0 unspecified atom stereocenters. The Balaban J connectivity index is 1.08. The summed E-state index contributed by atoms with van der Waals surface area (Å²) in [5.74, 6) is -3.30. The highest BCUT2D eigenvalue weighted by molar-refractivity contribution is 8.76. The van der Waals surface area contributed by atoms with Crippen LogP contribution < -0.4 is 16.0 Å². The van der Waals surface area contributed by atoms with Crippen LogP contribution in [0, 0.1) is 39.9 Å². The van der Waals surface area contributed by atoms with E-state index in [0.717, 1.165) is 63.4 Å². The molecule has 0 heterocycles. The topological polar surface area (TPSA) is 250 Å². The first-order chi connectivity index (χ1) is 39.1. The third kappa shape index (κ3) is 20.9. The zero-order valence-corrected chi connectivity index (χ0v) is 50.7. The molecule has 4 aliphatic rings. The van der Waals surface area contributed by atoms with E-state index in [1.54, 1.807) is 32.1 Å². The monoisotopic (exact) mass is 1180 g/mol. The molecule has 3 amide bonds. The Morgan fingerprint density at radius 2 is 1.37 bits per heavy atom. The van der Waals surface area contributed by atoms with E-state index < -0.39 is 76.2 Å². The van der Waals surface area contributed by atoms with Crippen molar-refractivity contribution in [3.05, 3.63) is 109 Å². The summed E-state index contributed by atoms with van der Waals surface area (Å²) >= 11 is 0. The maximum atomic E-state index is 13.7. The minimum Gasteiger partial charge on any atom is -0.466 e. The molecule has 19 heteroatoms. The van der Waals surface area contributed by atoms with Crippen LogP contribution in [0.3, 0.4) is 0 Å². The molecular formula is C63H89N3O14S2. The number of carbonyl (C=O) groups excluding carboxylic acids is 8. The molecule has 3 saturated carbocycles. The molecule has 0 aromatic carbocycles. The minimum atomic E-state index is -1.71. The molecule has 5 N–H and O–H groups in total. The van der Waals surface area contributed by atoms with Gasteiger partial charge in [-0.15, -0.1) is 0 Å². The third-order valence-electron chi connectivity index (χ3n) is 15.9. The first kappa shape index (κ1) is 68.9. The summed E-state index contributed by atoms with van der Waals surface area (Å²) in [5, 5.41) is 31.9. The van der Waals surface area contributed by atoms with Gasteiger partial charge < -0.3 is 45.1 Å². The van der Waals surface area contributed by atoms with Crippen molar-refractivity contribution in [1.29, 1.82) is 0 Å². The number of hydrogen-bond donors (Lipinski definition) is 5. The second-order valence-corrected chi connectivity index (χ2v) is 25.1. The van der Waals surface area contributed by atoms with Crippen LogP contribution in [0.4, 0.5) is 0 Å². The molecule has 82 heavy (non-hydrogen) atoms. The van der Waals surface area contributed by atoms with Crippen molar-refractivity contribution >= 4 is 68.8 Å². The molecule has 0 aromatic heterocycles. The van der Waals surface area contributed by atoms with Gasteiger partial charge in [-0.3, -0.25) is 28.8 Å². The molecule has 3 fully saturated rings. The zero-order chi connectivity index (χ0) is 60.2. The number of nitrogens with one attached hydrogen (secondary N) is 3. The van der Waals surface area contributed by atoms with E-state index in [2.05, 4.69) is 90.1 Å². The fraction of sp³-hybridized carbons (Fsp3) is 0.587. The molecular weight excluding hydrogens is 1090 g/mol. The molecule has 452 valence electrons. The van der Waals surface area contributed by atoms with E-state index in [9.17, 15) is 48.6 Å². The van der Waals surface area contributed by atoms with E-state index in [4.69, 9.17) is 14.2 Å². The Morgan fingerprint density at radius 1 is 0.793 bits per heavy atom. The predicted octanol–water partition coefficient (Wildman–Crippen LogP) is 8.25. The third-order valence-corrected chi connectivity index (χ3v) is 18.3. The van der Waals surface area contributed by atoms with Crippen molar-refractivity contribution in [3.63, 3.8) is 0 Å². The second kappa shape index (κ2) is 34.9. The lowest BCUT2D eigenvalue weighted by atomic mass is 9.45. The van der Waals surface area contributed by atoms with Crippen LogP contribution in [-0.2, 0) is 57.3 Å². The summed E-state index contributed by atoms with van der Waals surface area (Å²) in [5.41, 5.74) is -3.27. The summed E-state index contributed by atoms with van der Waals surface area (Å²) in [6.07, 6.45) is 36.4. The number of rotatable bonds is 35. The van der Waals surface area contributed by atoms with Crippen molar-refractivity contribution < 1.29 is 67.5 Å². The van der Waals surface area contributed by atoms with Crippen molar-refractivity contribution in [1.82, 2.24) is 16.0 Å².